The largest absolute Gasteiger partial charge is 0.596 e. The fourth-order valence-corrected chi connectivity index (χ4v) is 1.08. The van der Waals surface area contributed by atoms with Gasteiger partial charge in [0.05, 0.1) is 12.2 Å². The highest BCUT2D eigenvalue weighted by molar-refractivity contribution is 5.88. The number of aromatic nitrogens is 1. The summed E-state index contributed by atoms with van der Waals surface area (Å²) in [6, 6.07) is 3.03. The summed E-state index contributed by atoms with van der Waals surface area (Å²) in [7, 11) is 0. The van der Waals surface area contributed by atoms with E-state index in [-0.39, 0.29) is 6.61 Å². The molecule has 0 unspecified atom stereocenters. The zero-order chi connectivity index (χ0) is 12.7. The molecule has 1 aromatic rings. The van der Waals surface area contributed by atoms with E-state index in [0.717, 1.165) is 0 Å². The van der Waals surface area contributed by atoms with Crippen molar-refractivity contribution in [1.29, 1.82) is 0 Å². The average molecular weight is 238 g/mol. The second-order valence-electron chi connectivity index (χ2n) is 2.99. The molecule has 0 amide bonds. The molecule has 6 heteroatoms. The van der Waals surface area contributed by atoms with Gasteiger partial charge in [0.1, 0.15) is 0 Å². The maximum absolute atomic E-state index is 11.3. The first-order chi connectivity index (χ1) is 8.17. The third-order valence-corrected chi connectivity index (χ3v) is 1.79. The summed E-state index contributed by atoms with van der Waals surface area (Å²) >= 11 is 0. The van der Waals surface area contributed by atoms with Gasteiger partial charge in [-0.2, -0.15) is 0 Å². The Kier molecular flexibility index (Phi) is 4.93. The molecule has 17 heavy (non-hydrogen) atoms. The van der Waals surface area contributed by atoms with Crippen molar-refractivity contribution < 1.29 is 24.1 Å². The number of hydrogen-bond acceptors (Lipinski definition) is 5. The topological polar surface area (TPSA) is 74.8 Å². The van der Waals surface area contributed by atoms with Crippen LogP contribution in [0, 0.1) is 0 Å². The summed E-state index contributed by atoms with van der Waals surface area (Å²) in [4.78, 5) is 11.3. The summed E-state index contributed by atoms with van der Waals surface area (Å²) in [5.41, 5.74) is 0.405. The predicted molar refractivity (Wildman–Crippen MR) is 57.1 cm³/mol. The van der Waals surface area contributed by atoms with Gasteiger partial charge in [0.2, 0.25) is 18.5 Å². The van der Waals surface area contributed by atoms with Crippen LogP contribution >= 0.6 is 0 Å². The molecule has 0 bridgehead atoms. The zero-order valence-corrected chi connectivity index (χ0v) is 9.75. The summed E-state index contributed by atoms with van der Waals surface area (Å²) in [6.45, 7) is 4.02. The van der Waals surface area contributed by atoms with Crippen LogP contribution in [0.5, 0.6) is 0 Å². The van der Waals surface area contributed by atoms with Crippen molar-refractivity contribution in [2.75, 3.05) is 13.2 Å². The molecule has 1 aromatic heterocycles. The minimum absolute atomic E-state index is 0.268. The van der Waals surface area contributed by atoms with Crippen molar-refractivity contribution in [3.63, 3.8) is 0 Å². The van der Waals surface area contributed by atoms with Crippen LogP contribution in [0.4, 0.5) is 0 Å². The van der Waals surface area contributed by atoms with E-state index in [1.54, 1.807) is 13.8 Å². The molecular weight excluding hydrogens is 224 g/mol. The Labute approximate surface area is 99.1 Å². The quantitative estimate of drug-likeness (QED) is 0.311. The lowest BCUT2D eigenvalue weighted by Gasteiger charge is -2.06. The molecule has 0 aromatic carbocycles. The van der Waals surface area contributed by atoms with Gasteiger partial charge in [-0.1, -0.05) is 11.6 Å². The molecule has 0 aliphatic rings. The van der Waals surface area contributed by atoms with E-state index in [9.17, 15) is 9.90 Å². The lowest BCUT2D eigenvalue weighted by molar-refractivity contribution is -0.682. The van der Waals surface area contributed by atoms with Crippen LogP contribution in [0.3, 0.4) is 0 Å². The molecule has 1 rings (SSSR count). The van der Waals surface area contributed by atoms with Crippen LogP contribution < -0.4 is 9.78 Å². The lowest BCUT2D eigenvalue weighted by Crippen LogP contribution is -2.34. The first-order valence-electron chi connectivity index (χ1n) is 5.24. The number of esters is 1. The van der Waals surface area contributed by atoms with Crippen LogP contribution in [0.15, 0.2) is 29.6 Å². The maximum Gasteiger partial charge on any atom is 0.338 e. The molecule has 92 valence electrons. The lowest BCUT2D eigenvalue weighted by atomic mass is 10.3. The van der Waals surface area contributed by atoms with Gasteiger partial charge < -0.3 is 14.6 Å². The second kappa shape index (κ2) is 6.47. The van der Waals surface area contributed by atoms with E-state index < -0.39 is 12.1 Å². The normalized spacial score (nSPS) is 11.1. The number of hydrogen-bond donors (Lipinski definition) is 0. The van der Waals surface area contributed by atoms with Crippen molar-refractivity contribution in [2.24, 2.45) is 5.10 Å². The molecule has 0 saturated carbocycles. The zero-order valence-electron chi connectivity index (χ0n) is 9.75. The van der Waals surface area contributed by atoms with Gasteiger partial charge in [0.25, 0.3) is 0 Å². The summed E-state index contributed by atoms with van der Waals surface area (Å²) in [5, 5.41) is 14.6. The average Bonchev–Trinajstić information content (AvgIpc) is 2.30. The van der Waals surface area contributed by atoms with Crippen molar-refractivity contribution in [3.05, 3.63) is 30.1 Å². The molecule has 0 N–H and O–H groups in total. The predicted octanol–water partition coefficient (Wildman–Crippen LogP) is -0.333. The molecule has 0 aliphatic carbocycles. The third-order valence-electron chi connectivity index (χ3n) is 1.79. The van der Waals surface area contributed by atoms with Gasteiger partial charge in [0.15, 0.2) is 0 Å². The number of carbonyl (C=O) groups excluding carboxylic acids is 1. The second-order valence-corrected chi connectivity index (χ2v) is 2.99. The van der Waals surface area contributed by atoms with Crippen molar-refractivity contribution >= 4 is 12.1 Å². The van der Waals surface area contributed by atoms with Gasteiger partial charge in [-0.05, 0) is 13.5 Å². The molecule has 0 radical (unpaired) electrons. The van der Waals surface area contributed by atoms with Gasteiger partial charge in [0, 0.05) is 17.2 Å². The minimum atomic E-state index is -0.679. The Bertz CT molecular complexity index is 400. The Hall–Kier alpha value is -2.11. The molecular formula is C11H14N2O4. The molecule has 1 heterocycles. The van der Waals surface area contributed by atoms with Crippen LogP contribution in [-0.2, 0) is 9.47 Å². The number of carbonyl (C=O) groups is 1. The van der Waals surface area contributed by atoms with E-state index in [4.69, 9.17) is 4.74 Å². The Balaban J connectivity index is 2.74. The van der Waals surface area contributed by atoms with E-state index in [1.807, 2.05) is 0 Å². The van der Waals surface area contributed by atoms with Crippen molar-refractivity contribution in [3.8, 4) is 0 Å². The van der Waals surface area contributed by atoms with Gasteiger partial charge >= 0.3 is 5.97 Å². The van der Waals surface area contributed by atoms with Crippen LogP contribution in [0.1, 0.15) is 24.2 Å². The van der Waals surface area contributed by atoms with Crippen LogP contribution in [0.2, 0.25) is 0 Å². The summed E-state index contributed by atoms with van der Waals surface area (Å²) < 4.78 is 10.7. The Morgan fingerprint density at radius 2 is 1.88 bits per heavy atom. The summed E-state index contributed by atoms with van der Waals surface area (Å²) in [5.74, 6) is -0.407. The third kappa shape index (κ3) is 4.10. The van der Waals surface area contributed by atoms with Crippen LogP contribution in [0.25, 0.3) is 0 Å². The minimum Gasteiger partial charge on any atom is -0.596 e. The standard InChI is InChI=1S/C11H14N2O4/c1-3-16-10(14)9-5-7-13(8-6-9)12-11(15)17-4-2/h5-8H,3-4H2,1-2H3. The van der Waals surface area contributed by atoms with Crippen molar-refractivity contribution in [2.45, 2.75) is 13.8 Å². The van der Waals surface area contributed by atoms with Gasteiger partial charge in [-0.25, -0.2) is 4.79 Å². The maximum atomic E-state index is 11.3. The number of pyridine rings is 1. The van der Waals surface area contributed by atoms with Crippen molar-refractivity contribution in [1.82, 2.24) is 0 Å². The van der Waals surface area contributed by atoms with E-state index in [2.05, 4.69) is 9.84 Å². The molecule has 0 spiro atoms. The molecule has 0 saturated heterocycles. The van der Waals surface area contributed by atoms with Crippen LogP contribution in [-0.4, -0.2) is 25.3 Å². The van der Waals surface area contributed by atoms with Gasteiger partial charge in [-0.3, -0.25) is 0 Å². The number of nitrogens with zero attached hydrogens (tertiary/aromatic N) is 2. The molecule has 0 fully saturated rings. The highest BCUT2D eigenvalue weighted by Gasteiger charge is 2.08. The molecule has 0 atom stereocenters. The highest BCUT2D eigenvalue weighted by Crippen LogP contribution is 1.98. The van der Waals surface area contributed by atoms with E-state index >= 15 is 0 Å². The Morgan fingerprint density at radius 3 is 2.41 bits per heavy atom. The smallest absolute Gasteiger partial charge is 0.338 e. The number of ether oxygens (including phenoxy) is 2. The fraction of sp³-hybridized carbons (Fsp3) is 0.364. The molecule has 0 aliphatic heterocycles. The monoisotopic (exact) mass is 238 g/mol. The Morgan fingerprint density at radius 1 is 1.29 bits per heavy atom. The van der Waals surface area contributed by atoms with Gasteiger partial charge in [-0.15, -0.1) is 0 Å². The number of rotatable bonds is 4. The highest BCUT2D eigenvalue weighted by atomic mass is 16.6. The SMILES string of the molecule is CCOC(=O)c1cc[n+](/N=C(\[O-])OCC)cc1. The summed E-state index contributed by atoms with van der Waals surface area (Å²) in [6.07, 6.45) is 2.27. The van der Waals surface area contributed by atoms with E-state index in [0.29, 0.717) is 12.2 Å². The molecule has 6 nitrogen and oxygen atoms in total. The van der Waals surface area contributed by atoms with E-state index in [1.165, 1.54) is 29.2 Å². The fourth-order valence-electron chi connectivity index (χ4n) is 1.08. The first-order valence-corrected chi connectivity index (χ1v) is 5.24. The first kappa shape index (κ1) is 13.0.